The van der Waals surface area contributed by atoms with Gasteiger partial charge in [-0.1, -0.05) is 0 Å². The average Bonchev–Trinajstić information content (AvgIpc) is 2.29. The number of hydrogen-bond donors (Lipinski definition) is 2. The quantitative estimate of drug-likeness (QED) is 0.602. The van der Waals surface area contributed by atoms with Gasteiger partial charge in [-0.25, -0.2) is 0 Å². The average molecular weight is 240 g/mol. The second-order valence-electron chi connectivity index (χ2n) is 3.20. The van der Waals surface area contributed by atoms with E-state index in [2.05, 4.69) is 5.32 Å². The van der Waals surface area contributed by atoms with Crippen LogP contribution in [0.1, 0.15) is 10.4 Å². The standard InChI is InChI=1S/C11H16N2O2S/c1-15-8-3-4-9(10(12)7-8)11(14)13-5-6-16-2/h3-4,7H,5-6,12H2,1-2H3,(H,13,14). The van der Waals surface area contributed by atoms with Crippen molar-refractivity contribution in [3.8, 4) is 5.75 Å². The Labute approximate surface area is 99.5 Å². The molecular weight excluding hydrogens is 224 g/mol. The lowest BCUT2D eigenvalue weighted by molar-refractivity contribution is 0.0957. The maximum absolute atomic E-state index is 11.7. The fourth-order valence-electron chi connectivity index (χ4n) is 1.24. The first-order valence-corrected chi connectivity index (χ1v) is 6.29. The number of nitrogens with one attached hydrogen (secondary N) is 1. The molecule has 0 unspecified atom stereocenters. The van der Waals surface area contributed by atoms with Crippen molar-refractivity contribution in [3.63, 3.8) is 0 Å². The number of hydrogen-bond acceptors (Lipinski definition) is 4. The van der Waals surface area contributed by atoms with E-state index < -0.39 is 0 Å². The minimum atomic E-state index is -0.144. The number of amides is 1. The third-order valence-corrected chi connectivity index (χ3v) is 2.71. The highest BCUT2D eigenvalue weighted by Crippen LogP contribution is 2.19. The van der Waals surface area contributed by atoms with Crippen LogP contribution in [-0.4, -0.2) is 31.6 Å². The number of anilines is 1. The molecule has 0 spiro atoms. The number of benzene rings is 1. The van der Waals surface area contributed by atoms with E-state index in [9.17, 15) is 4.79 Å². The number of nitrogen functional groups attached to an aromatic ring is 1. The maximum atomic E-state index is 11.7. The van der Waals surface area contributed by atoms with Crippen molar-refractivity contribution in [1.82, 2.24) is 5.32 Å². The smallest absolute Gasteiger partial charge is 0.253 e. The van der Waals surface area contributed by atoms with Crippen LogP contribution in [-0.2, 0) is 0 Å². The zero-order valence-corrected chi connectivity index (χ0v) is 10.3. The van der Waals surface area contributed by atoms with Gasteiger partial charge in [0.05, 0.1) is 12.7 Å². The molecule has 1 rings (SSSR count). The number of thioether (sulfide) groups is 1. The largest absolute Gasteiger partial charge is 0.497 e. The second kappa shape index (κ2) is 6.27. The Hall–Kier alpha value is -1.36. The van der Waals surface area contributed by atoms with E-state index in [-0.39, 0.29) is 5.91 Å². The molecule has 0 bridgehead atoms. The van der Waals surface area contributed by atoms with Crippen molar-refractivity contribution >= 4 is 23.4 Å². The molecule has 0 aromatic heterocycles. The third-order valence-electron chi connectivity index (χ3n) is 2.10. The minimum absolute atomic E-state index is 0.144. The number of rotatable bonds is 5. The van der Waals surface area contributed by atoms with Gasteiger partial charge in [-0.05, 0) is 18.4 Å². The summed E-state index contributed by atoms with van der Waals surface area (Å²) in [7, 11) is 1.56. The van der Waals surface area contributed by atoms with Gasteiger partial charge in [0.1, 0.15) is 5.75 Å². The van der Waals surface area contributed by atoms with Crippen LogP contribution in [0, 0.1) is 0 Å². The summed E-state index contributed by atoms with van der Waals surface area (Å²) in [5.74, 6) is 1.40. The highest BCUT2D eigenvalue weighted by atomic mass is 32.2. The highest BCUT2D eigenvalue weighted by molar-refractivity contribution is 7.98. The van der Waals surface area contributed by atoms with Crippen LogP contribution in [0.25, 0.3) is 0 Å². The molecular formula is C11H16N2O2S. The molecule has 0 heterocycles. The van der Waals surface area contributed by atoms with E-state index in [1.165, 1.54) is 0 Å². The molecule has 0 aliphatic carbocycles. The summed E-state index contributed by atoms with van der Waals surface area (Å²) in [6, 6.07) is 5.03. The lowest BCUT2D eigenvalue weighted by atomic mass is 10.1. The highest BCUT2D eigenvalue weighted by Gasteiger charge is 2.09. The molecule has 0 saturated heterocycles. The van der Waals surface area contributed by atoms with Crippen LogP contribution in [0.15, 0.2) is 18.2 Å². The second-order valence-corrected chi connectivity index (χ2v) is 4.19. The minimum Gasteiger partial charge on any atom is -0.497 e. The molecule has 0 atom stereocenters. The third kappa shape index (κ3) is 3.34. The topological polar surface area (TPSA) is 64.3 Å². The predicted octanol–water partition coefficient (Wildman–Crippen LogP) is 1.37. The Balaban J connectivity index is 2.68. The molecule has 5 heteroatoms. The van der Waals surface area contributed by atoms with E-state index in [1.807, 2.05) is 6.26 Å². The van der Waals surface area contributed by atoms with Crippen LogP contribution >= 0.6 is 11.8 Å². The molecule has 16 heavy (non-hydrogen) atoms. The van der Waals surface area contributed by atoms with Crippen LogP contribution in [0.5, 0.6) is 5.75 Å². The molecule has 1 aromatic rings. The first-order chi connectivity index (χ1) is 7.69. The van der Waals surface area contributed by atoms with Crippen LogP contribution < -0.4 is 15.8 Å². The van der Waals surface area contributed by atoms with Crippen molar-refractivity contribution in [2.75, 3.05) is 31.4 Å². The molecule has 0 radical (unpaired) electrons. The molecule has 0 saturated carbocycles. The van der Waals surface area contributed by atoms with Crippen molar-refractivity contribution in [2.45, 2.75) is 0 Å². The molecule has 3 N–H and O–H groups in total. The Kier molecular flexibility index (Phi) is 4.98. The van der Waals surface area contributed by atoms with E-state index in [1.54, 1.807) is 37.1 Å². The molecule has 1 aromatic carbocycles. The maximum Gasteiger partial charge on any atom is 0.253 e. The molecule has 4 nitrogen and oxygen atoms in total. The Morgan fingerprint density at radius 2 is 2.31 bits per heavy atom. The predicted molar refractivity (Wildman–Crippen MR) is 68.1 cm³/mol. The summed E-state index contributed by atoms with van der Waals surface area (Å²) in [6.45, 7) is 0.644. The van der Waals surface area contributed by atoms with Crippen molar-refractivity contribution in [3.05, 3.63) is 23.8 Å². The van der Waals surface area contributed by atoms with Gasteiger partial charge in [-0.15, -0.1) is 0 Å². The van der Waals surface area contributed by atoms with Gasteiger partial charge in [0.25, 0.3) is 5.91 Å². The van der Waals surface area contributed by atoms with E-state index in [0.717, 1.165) is 5.75 Å². The van der Waals surface area contributed by atoms with Gasteiger partial charge in [0.2, 0.25) is 0 Å². The number of carbonyl (C=O) groups excluding carboxylic acids is 1. The first kappa shape index (κ1) is 12.7. The fourth-order valence-corrected chi connectivity index (χ4v) is 1.54. The summed E-state index contributed by atoms with van der Waals surface area (Å²) in [5.41, 5.74) is 6.68. The van der Waals surface area contributed by atoms with Gasteiger partial charge in [-0.3, -0.25) is 4.79 Å². The zero-order chi connectivity index (χ0) is 12.0. The normalized spacial score (nSPS) is 9.88. The van der Waals surface area contributed by atoms with Gasteiger partial charge in [0, 0.05) is 24.1 Å². The summed E-state index contributed by atoms with van der Waals surface area (Å²) in [4.78, 5) is 11.7. The SMILES string of the molecule is COc1ccc(C(=O)NCCSC)c(N)c1. The number of carbonyl (C=O) groups is 1. The Morgan fingerprint density at radius 3 is 2.88 bits per heavy atom. The number of ether oxygens (including phenoxy) is 1. The van der Waals surface area contributed by atoms with Crippen molar-refractivity contribution < 1.29 is 9.53 Å². The van der Waals surface area contributed by atoms with Gasteiger partial charge >= 0.3 is 0 Å². The van der Waals surface area contributed by atoms with Crippen molar-refractivity contribution in [1.29, 1.82) is 0 Å². The zero-order valence-electron chi connectivity index (χ0n) is 9.45. The summed E-state index contributed by atoms with van der Waals surface area (Å²) < 4.78 is 5.01. The number of methoxy groups -OCH3 is 1. The Bertz CT molecular complexity index is 369. The summed E-state index contributed by atoms with van der Waals surface area (Å²) >= 11 is 1.68. The van der Waals surface area contributed by atoms with Gasteiger partial charge in [-0.2, -0.15) is 11.8 Å². The molecule has 0 fully saturated rings. The van der Waals surface area contributed by atoms with E-state index in [0.29, 0.717) is 23.5 Å². The number of nitrogens with two attached hydrogens (primary N) is 1. The Morgan fingerprint density at radius 1 is 1.56 bits per heavy atom. The first-order valence-electron chi connectivity index (χ1n) is 4.89. The molecule has 0 aliphatic rings. The summed E-state index contributed by atoms with van der Waals surface area (Å²) in [5, 5.41) is 2.80. The van der Waals surface area contributed by atoms with E-state index >= 15 is 0 Å². The molecule has 0 aliphatic heterocycles. The molecule has 1 amide bonds. The fraction of sp³-hybridized carbons (Fsp3) is 0.364. The van der Waals surface area contributed by atoms with Crippen LogP contribution in [0.2, 0.25) is 0 Å². The van der Waals surface area contributed by atoms with Gasteiger partial charge in [0.15, 0.2) is 0 Å². The lowest BCUT2D eigenvalue weighted by Gasteiger charge is -2.08. The van der Waals surface area contributed by atoms with Crippen LogP contribution in [0.3, 0.4) is 0 Å². The van der Waals surface area contributed by atoms with Gasteiger partial charge < -0.3 is 15.8 Å². The molecule has 88 valence electrons. The summed E-state index contributed by atoms with van der Waals surface area (Å²) in [6.07, 6.45) is 1.99. The monoisotopic (exact) mass is 240 g/mol. The van der Waals surface area contributed by atoms with Crippen molar-refractivity contribution in [2.24, 2.45) is 0 Å². The van der Waals surface area contributed by atoms with Crippen LogP contribution in [0.4, 0.5) is 5.69 Å². The lowest BCUT2D eigenvalue weighted by Crippen LogP contribution is -2.26. The van der Waals surface area contributed by atoms with E-state index in [4.69, 9.17) is 10.5 Å².